The van der Waals surface area contributed by atoms with Gasteiger partial charge >= 0.3 is 0 Å². The number of benzene rings is 1. The smallest absolute Gasteiger partial charge is 0.238 e. The van der Waals surface area contributed by atoms with E-state index in [9.17, 15) is 30.0 Å². The van der Waals surface area contributed by atoms with E-state index in [-0.39, 0.29) is 31.3 Å². The Bertz CT molecular complexity index is 1560. The van der Waals surface area contributed by atoms with Crippen molar-refractivity contribution in [3.05, 3.63) is 120 Å². The second-order valence-electron chi connectivity index (χ2n) is 12.4. The fraction of sp³-hybridized carbons (Fsp3) is 0.378. The fourth-order valence-corrected chi connectivity index (χ4v) is 5.35. The third-order valence-electron chi connectivity index (χ3n) is 8.24. The van der Waals surface area contributed by atoms with Crippen molar-refractivity contribution >= 4 is 17.5 Å². The number of amides is 2. The van der Waals surface area contributed by atoms with E-state index in [0.717, 1.165) is 17.1 Å². The van der Waals surface area contributed by atoms with Crippen LogP contribution in [0.15, 0.2) is 97.5 Å². The third kappa shape index (κ3) is 13.2. The van der Waals surface area contributed by atoms with Crippen LogP contribution in [0.4, 0.5) is 5.69 Å². The highest BCUT2D eigenvalue weighted by Gasteiger charge is 2.31. The van der Waals surface area contributed by atoms with Gasteiger partial charge in [-0.05, 0) is 54.1 Å². The van der Waals surface area contributed by atoms with Crippen LogP contribution in [0.25, 0.3) is 0 Å². The highest BCUT2D eigenvalue weighted by Crippen LogP contribution is 2.14. The molecule has 4 unspecified atom stereocenters. The number of hydrogen-bond acceptors (Lipinski definition) is 12. The van der Waals surface area contributed by atoms with Crippen molar-refractivity contribution in [3.63, 3.8) is 0 Å². The van der Waals surface area contributed by atoms with Gasteiger partial charge in [0.2, 0.25) is 11.8 Å². The predicted octanol–water partition coefficient (Wildman–Crippen LogP) is 0.452. The summed E-state index contributed by atoms with van der Waals surface area (Å²) in [5.74, 6) is -0.572. The lowest BCUT2D eigenvalue weighted by Gasteiger charge is -2.28. The first-order chi connectivity index (χ1) is 24.6. The highest BCUT2D eigenvalue weighted by atomic mass is 16.4. The van der Waals surface area contributed by atoms with E-state index in [0.29, 0.717) is 44.0 Å². The minimum Gasteiger partial charge on any atom is -0.394 e. The van der Waals surface area contributed by atoms with Crippen LogP contribution >= 0.6 is 0 Å². The molecule has 0 radical (unpaired) electrons. The summed E-state index contributed by atoms with van der Waals surface area (Å²) in [7, 11) is 1.44. The first kappa shape index (κ1) is 39.1. The molecule has 4 rings (SSSR count). The van der Waals surface area contributed by atoms with Crippen LogP contribution in [0.3, 0.4) is 0 Å². The van der Waals surface area contributed by atoms with Crippen molar-refractivity contribution in [1.82, 2.24) is 29.7 Å². The monoisotopic (exact) mass is 701 g/mol. The topological polar surface area (TPSA) is 196 Å². The highest BCUT2D eigenvalue weighted by molar-refractivity contribution is 5.92. The van der Waals surface area contributed by atoms with E-state index in [1.807, 2.05) is 59.5 Å². The molecule has 1 aromatic carbocycles. The molecule has 0 spiro atoms. The molecule has 51 heavy (non-hydrogen) atoms. The molecule has 0 fully saturated rings. The molecule has 272 valence electrons. The second kappa shape index (κ2) is 20.2. The molecule has 14 nitrogen and oxygen atoms in total. The number of nitrogens with one attached hydrogen (secondary N) is 1. The molecule has 0 saturated heterocycles. The summed E-state index contributed by atoms with van der Waals surface area (Å²) in [6.07, 6.45) is -1.45. The summed E-state index contributed by atoms with van der Waals surface area (Å²) in [4.78, 5) is 45.0. The van der Waals surface area contributed by atoms with Crippen molar-refractivity contribution in [1.29, 1.82) is 0 Å². The molecule has 2 amide bonds. The lowest BCUT2D eigenvalue weighted by Crippen LogP contribution is -2.50. The zero-order valence-electron chi connectivity index (χ0n) is 28.6. The van der Waals surface area contributed by atoms with Crippen molar-refractivity contribution in [3.8, 4) is 0 Å². The van der Waals surface area contributed by atoms with E-state index in [1.165, 1.54) is 11.9 Å². The quantitative estimate of drug-likeness (QED) is 0.0746. The molecule has 3 aromatic heterocycles. The molecule has 4 aromatic rings. The van der Waals surface area contributed by atoms with Crippen LogP contribution in [-0.4, -0.2) is 131 Å². The average molecular weight is 702 g/mol. The Morgan fingerprint density at radius 2 is 1.18 bits per heavy atom. The minimum atomic E-state index is -1.78. The van der Waals surface area contributed by atoms with Crippen LogP contribution in [0.1, 0.15) is 22.6 Å². The maximum atomic E-state index is 13.3. The maximum absolute atomic E-state index is 13.3. The molecule has 14 heteroatoms. The number of likely N-dealkylation sites (N-methyl/N-ethyl adjacent to an activating group) is 1. The summed E-state index contributed by atoms with van der Waals surface area (Å²) < 4.78 is 0. The number of aliphatic hydroxyl groups excluding tert-OH is 5. The second-order valence-corrected chi connectivity index (χ2v) is 12.4. The molecule has 0 bridgehead atoms. The first-order valence-corrected chi connectivity index (χ1v) is 16.7. The lowest BCUT2D eigenvalue weighted by atomic mass is 10.0. The Morgan fingerprint density at radius 3 is 1.67 bits per heavy atom. The van der Waals surface area contributed by atoms with Gasteiger partial charge in [-0.1, -0.05) is 30.3 Å². The standard InChI is InChI=1S/C37H47N7O7/c1-42(24-32(46)36(50)37(51)33(47)26-45)35(49)20-27-11-13-28(14-12-27)41-34(48)25-44(23-31-10-4-7-17-40-31)19-18-43(21-29-8-2-5-15-38-29)22-30-9-3-6-16-39-30/h2-17,32-33,36-37,45-47,50-51H,18-26H2,1H3,(H,41,48). The van der Waals surface area contributed by atoms with Crippen molar-refractivity contribution < 1.29 is 35.1 Å². The number of carbonyl (C=O) groups excluding carboxylic acids is 2. The number of aromatic nitrogens is 3. The van der Waals surface area contributed by atoms with Gasteiger partial charge in [0.25, 0.3) is 0 Å². The lowest BCUT2D eigenvalue weighted by molar-refractivity contribution is -0.137. The van der Waals surface area contributed by atoms with Crippen LogP contribution in [0.2, 0.25) is 0 Å². The summed E-state index contributed by atoms with van der Waals surface area (Å²) >= 11 is 0. The summed E-state index contributed by atoms with van der Waals surface area (Å²) in [5, 5.41) is 51.5. The largest absolute Gasteiger partial charge is 0.394 e. The number of carbonyl (C=O) groups is 2. The predicted molar refractivity (Wildman–Crippen MR) is 190 cm³/mol. The van der Waals surface area contributed by atoms with E-state index >= 15 is 0 Å². The number of nitrogens with zero attached hydrogens (tertiary/aromatic N) is 6. The van der Waals surface area contributed by atoms with Gasteiger partial charge in [-0.25, -0.2) is 0 Å². The summed E-state index contributed by atoms with van der Waals surface area (Å²) in [6, 6.07) is 24.2. The molecule has 4 atom stereocenters. The third-order valence-corrected chi connectivity index (χ3v) is 8.24. The zero-order chi connectivity index (χ0) is 36.6. The Morgan fingerprint density at radius 1 is 0.686 bits per heavy atom. The Labute approximate surface area is 297 Å². The molecule has 3 heterocycles. The molecule has 0 aliphatic carbocycles. The maximum Gasteiger partial charge on any atom is 0.238 e. The molecular formula is C37H47N7O7. The molecule has 0 aliphatic rings. The SMILES string of the molecule is CN(CC(O)C(O)C(O)C(O)CO)C(=O)Cc1ccc(NC(=O)CN(CCN(Cc2ccccn2)Cc2ccccn2)Cc2ccccn2)cc1. The van der Waals surface area contributed by atoms with Gasteiger partial charge in [0, 0.05) is 70.6 Å². The molecular weight excluding hydrogens is 654 g/mol. The number of anilines is 1. The van der Waals surface area contributed by atoms with Gasteiger partial charge in [-0.15, -0.1) is 0 Å². The van der Waals surface area contributed by atoms with Gasteiger partial charge < -0.3 is 35.7 Å². The number of pyridine rings is 3. The first-order valence-electron chi connectivity index (χ1n) is 16.7. The Balaban J connectivity index is 1.34. The van der Waals surface area contributed by atoms with Gasteiger partial charge in [0.05, 0.1) is 36.7 Å². The zero-order valence-corrected chi connectivity index (χ0v) is 28.6. The van der Waals surface area contributed by atoms with Gasteiger partial charge in [0.15, 0.2) is 0 Å². The van der Waals surface area contributed by atoms with E-state index in [4.69, 9.17) is 5.11 Å². The number of hydrogen-bond donors (Lipinski definition) is 6. The Kier molecular flexibility index (Phi) is 15.5. The normalized spacial score (nSPS) is 13.8. The van der Waals surface area contributed by atoms with Gasteiger partial charge in [-0.2, -0.15) is 0 Å². The minimum absolute atomic E-state index is 0.0132. The summed E-state index contributed by atoms with van der Waals surface area (Å²) in [5.41, 5.74) is 3.93. The Hall–Kier alpha value is -4.67. The van der Waals surface area contributed by atoms with Crippen molar-refractivity contribution in [2.75, 3.05) is 45.2 Å². The van der Waals surface area contributed by atoms with E-state index in [1.54, 1.807) is 42.9 Å². The molecule has 0 aliphatic heterocycles. The summed E-state index contributed by atoms with van der Waals surface area (Å²) in [6.45, 7) is 1.94. The van der Waals surface area contributed by atoms with Gasteiger partial charge in [0.1, 0.15) is 24.4 Å². The molecule has 6 N–H and O–H groups in total. The van der Waals surface area contributed by atoms with Crippen molar-refractivity contribution in [2.45, 2.75) is 50.5 Å². The van der Waals surface area contributed by atoms with Crippen molar-refractivity contribution in [2.24, 2.45) is 0 Å². The van der Waals surface area contributed by atoms with Crippen LogP contribution in [-0.2, 0) is 35.6 Å². The van der Waals surface area contributed by atoms with E-state index in [2.05, 4.69) is 25.2 Å². The van der Waals surface area contributed by atoms with Crippen LogP contribution in [0, 0.1) is 0 Å². The van der Waals surface area contributed by atoms with Crippen LogP contribution < -0.4 is 5.32 Å². The van der Waals surface area contributed by atoms with E-state index < -0.39 is 31.0 Å². The fourth-order valence-electron chi connectivity index (χ4n) is 5.35. The average Bonchev–Trinajstić information content (AvgIpc) is 3.14. The molecule has 0 saturated carbocycles. The van der Waals surface area contributed by atoms with Crippen LogP contribution in [0.5, 0.6) is 0 Å². The van der Waals surface area contributed by atoms with Gasteiger partial charge in [-0.3, -0.25) is 34.3 Å². The number of aliphatic hydroxyl groups is 5. The number of rotatable bonds is 20.